The van der Waals surface area contributed by atoms with Crippen LogP contribution < -0.4 is 15.4 Å². The van der Waals surface area contributed by atoms with Crippen LogP contribution >= 0.6 is 11.6 Å². The summed E-state index contributed by atoms with van der Waals surface area (Å²) in [6.45, 7) is 0.171. The number of nitro benzene ring substituents is 1. The van der Waals surface area contributed by atoms with Crippen LogP contribution in [0.1, 0.15) is 11.1 Å². The molecule has 0 heterocycles. The highest BCUT2D eigenvalue weighted by molar-refractivity contribution is 6.30. The number of nitro groups is 1. The molecule has 29 heavy (non-hydrogen) atoms. The van der Waals surface area contributed by atoms with Gasteiger partial charge in [-0.15, -0.1) is 0 Å². The number of benzene rings is 2. The number of nitrogens with zero attached hydrogens (tertiary/aromatic N) is 1. The fraction of sp³-hybridized carbons (Fsp3) is 0.278. The van der Waals surface area contributed by atoms with Crippen molar-refractivity contribution < 1.29 is 27.6 Å². The Bertz CT molecular complexity index is 906. The number of hydrogen-bond donors (Lipinski definition) is 2. The molecule has 2 N–H and O–H groups in total. The second kappa shape index (κ2) is 9.46. The summed E-state index contributed by atoms with van der Waals surface area (Å²) in [6.07, 6.45) is -4.68. The van der Waals surface area contributed by atoms with Crippen LogP contribution in [-0.2, 0) is 17.4 Å². The quantitative estimate of drug-likeness (QED) is 0.373. The molecule has 0 aliphatic carbocycles. The lowest BCUT2D eigenvalue weighted by molar-refractivity contribution is -0.384. The van der Waals surface area contributed by atoms with Crippen molar-refractivity contribution in [3.05, 3.63) is 62.7 Å². The van der Waals surface area contributed by atoms with Gasteiger partial charge in [0.15, 0.2) is 0 Å². The van der Waals surface area contributed by atoms with Crippen LogP contribution in [0, 0.1) is 10.1 Å². The van der Waals surface area contributed by atoms with Gasteiger partial charge in [-0.05, 0) is 30.3 Å². The zero-order valence-corrected chi connectivity index (χ0v) is 15.9. The van der Waals surface area contributed by atoms with Gasteiger partial charge in [0.1, 0.15) is 11.4 Å². The van der Waals surface area contributed by atoms with E-state index in [9.17, 15) is 28.1 Å². The van der Waals surface area contributed by atoms with Crippen LogP contribution in [0.3, 0.4) is 0 Å². The molecular formula is C18H17ClF3N3O4. The van der Waals surface area contributed by atoms with Gasteiger partial charge < -0.3 is 15.4 Å². The van der Waals surface area contributed by atoms with E-state index in [1.807, 2.05) is 0 Å². The van der Waals surface area contributed by atoms with Gasteiger partial charge in [0.05, 0.1) is 24.0 Å². The average Bonchev–Trinajstić information content (AvgIpc) is 2.64. The van der Waals surface area contributed by atoms with E-state index in [1.54, 1.807) is 18.2 Å². The van der Waals surface area contributed by atoms with E-state index in [1.165, 1.54) is 7.11 Å². The summed E-state index contributed by atoms with van der Waals surface area (Å²) in [4.78, 5) is 22.2. The van der Waals surface area contributed by atoms with Gasteiger partial charge in [0, 0.05) is 29.7 Å². The van der Waals surface area contributed by atoms with Crippen molar-refractivity contribution in [2.45, 2.75) is 12.6 Å². The van der Waals surface area contributed by atoms with Gasteiger partial charge in [0.2, 0.25) is 5.91 Å². The van der Waals surface area contributed by atoms with Crippen LogP contribution in [0.25, 0.3) is 0 Å². The minimum Gasteiger partial charge on any atom is -0.496 e. The monoisotopic (exact) mass is 431 g/mol. The predicted molar refractivity (Wildman–Crippen MR) is 101 cm³/mol. The number of rotatable bonds is 8. The molecule has 0 fully saturated rings. The third-order valence-corrected chi connectivity index (χ3v) is 4.11. The molecule has 0 aliphatic heterocycles. The Hall–Kier alpha value is -3.01. The maximum absolute atomic E-state index is 12.7. The maximum Gasteiger partial charge on any atom is 0.416 e. The molecule has 0 saturated heterocycles. The molecule has 0 atom stereocenters. The number of carbonyl (C=O) groups excluding carboxylic acids is 1. The van der Waals surface area contributed by atoms with Crippen LogP contribution in [0.15, 0.2) is 36.4 Å². The first-order chi connectivity index (χ1) is 13.6. The van der Waals surface area contributed by atoms with Gasteiger partial charge in [-0.25, -0.2) is 0 Å². The summed E-state index contributed by atoms with van der Waals surface area (Å²) in [5, 5.41) is 16.7. The lowest BCUT2D eigenvalue weighted by atomic mass is 10.1. The normalized spacial score (nSPS) is 11.1. The Kier molecular flexibility index (Phi) is 7.27. The van der Waals surface area contributed by atoms with E-state index in [4.69, 9.17) is 16.3 Å². The summed E-state index contributed by atoms with van der Waals surface area (Å²) < 4.78 is 43.3. The smallest absolute Gasteiger partial charge is 0.416 e. The van der Waals surface area contributed by atoms with Crippen LogP contribution in [-0.4, -0.2) is 31.0 Å². The third kappa shape index (κ3) is 6.24. The molecule has 0 radical (unpaired) electrons. The van der Waals surface area contributed by atoms with Crippen LogP contribution in [0.4, 0.5) is 24.5 Å². The van der Waals surface area contributed by atoms with Crippen LogP contribution in [0.2, 0.25) is 5.02 Å². The second-order valence-corrected chi connectivity index (χ2v) is 6.33. The van der Waals surface area contributed by atoms with Gasteiger partial charge in [-0.3, -0.25) is 14.9 Å². The van der Waals surface area contributed by atoms with E-state index in [2.05, 4.69) is 10.6 Å². The molecule has 1 amide bonds. The molecule has 0 bridgehead atoms. The molecule has 2 aromatic rings. The van der Waals surface area contributed by atoms with Crippen molar-refractivity contribution in [2.75, 3.05) is 25.5 Å². The largest absolute Gasteiger partial charge is 0.496 e. The molecule has 2 rings (SSSR count). The molecule has 0 aromatic heterocycles. The van der Waals surface area contributed by atoms with Crippen molar-refractivity contribution in [3.63, 3.8) is 0 Å². The fourth-order valence-electron chi connectivity index (χ4n) is 2.53. The lowest BCUT2D eigenvalue weighted by Crippen LogP contribution is -2.30. The fourth-order valence-corrected chi connectivity index (χ4v) is 2.72. The van der Waals surface area contributed by atoms with Crippen LogP contribution in [0.5, 0.6) is 5.75 Å². The van der Waals surface area contributed by atoms with Crippen molar-refractivity contribution in [2.24, 2.45) is 0 Å². The van der Waals surface area contributed by atoms with Gasteiger partial charge >= 0.3 is 6.18 Å². The Labute approximate surface area is 169 Å². The number of nitrogens with one attached hydrogen (secondary N) is 2. The van der Waals surface area contributed by atoms with E-state index < -0.39 is 22.4 Å². The molecule has 0 unspecified atom stereocenters. The molecule has 0 aliphatic rings. The molecule has 7 nitrogen and oxygen atoms in total. The van der Waals surface area contributed by atoms with Gasteiger partial charge in [-0.1, -0.05) is 11.6 Å². The van der Waals surface area contributed by atoms with E-state index >= 15 is 0 Å². The number of amides is 1. The van der Waals surface area contributed by atoms with Crippen molar-refractivity contribution >= 4 is 28.9 Å². The minimum absolute atomic E-state index is 0.00413. The first-order valence-electron chi connectivity index (χ1n) is 8.30. The van der Waals surface area contributed by atoms with Crippen molar-refractivity contribution in [3.8, 4) is 5.75 Å². The van der Waals surface area contributed by atoms with E-state index in [0.29, 0.717) is 22.4 Å². The first-order valence-corrected chi connectivity index (χ1v) is 8.68. The number of methoxy groups -OCH3 is 1. The average molecular weight is 432 g/mol. The summed E-state index contributed by atoms with van der Waals surface area (Å²) in [5.74, 6) is 0.164. The molecule has 156 valence electrons. The highest BCUT2D eigenvalue weighted by Crippen LogP contribution is 2.34. The van der Waals surface area contributed by atoms with Crippen molar-refractivity contribution in [1.29, 1.82) is 0 Å². The van der Waals surface area contributed by atoms with E-state index in [0.717, 1.165) is 12.1 Å². The zero-order chi connectivity index (χ0) is 21.6. The number of anilines is 1. The number of carbonyl (C=O) groups is 1. The Morgan fingerprint density at radius 3 is 2.55 bits per heavy atom. The third-order valence-electron chi connectivity index (χ3n) is 3.88. The topological polar surface area (TPSA) is 93.5 Å². The lowest BCUT2D eigenvalue weighted by Gasteiger charge is -2.12. The number of ether oxygens (including phenoxy) is 1. The molecule has 2 aromatic carbocycles. The van der Waals surface area contributed by atoms with E-state index in [-0.39, 0.29) is 31.1 Å². The first kappa shape index (κ1) is 22.3. The summed E-state index contributed by atoms with van der Waals surface area (Å²) in [7, 11) is 1.46. The van der Waals surface area contributed by atoms with Gasteiger partial charge in [-0.2, -0.15) is 13.2 Å². The Morgan fingerprint density at radius 2 is 1.93 bits per heavy atom. The molecular weight excluding hydrogens is 415 g/mol. The van der Waals surface area contributed by atoms with Crippen molar-refractivity contribution in [1.82, 2.24) is 5.32 Å². The zero-order valence-electron chi connectivity index (χ0n) is 15.2. The second-order valence-electron chi connectivity index (χ2n) is 5.90. The standard InChI is InChI=1S/C18H17ClF3N3O4/c1-29-16-5-3-13(19)8-11(16)9-17(26)24-7-6-23-14-4-2-12(18(20,21)22)10-15(14)25(27)28/h2-5,8,10,23H,6-7,9H2,1H3,(H,24,26). The Balaban J connectivity index is 1.93. The highest BCUT2D eigenvalue weighted by Gasteiger charge is 2.33. The highest BCUT2D eigenvalue weighted by atomic mass is 35.5. The SMILES string of the molecule is COc1ccc(Cl)cc1CC(=O)NCCNc1ccc(C(F)(F)F)cc1[N+](=O)[O-]. The number of alkyl halides is 3. The van der Waals surface area contributed by atoms with Gasteiger partial charge in [0.25, 0.3) is 5.69 Å². The maximum atomic E-state index is 12.7. The summed E-state index contributed by atoms with van der Waals surface area (Å²) in [5.41, 5.74) is -1.30. The Morgan fingerprint density at radius 1 is 1.21 bits per heavy atom. The number of hydrogen-bond acceptors (Lipinski definition) is 5. The number of halogens is 4. The predicted octanol–water partition coefficient (Wildman–Crippen LogP) is 4.05. The summed E-state index contributed by atoms with van der Waals surface area (Å²) in [6, 6.07) is 7.06. The molecule has 0 spiro atoms. The molecule has 0 saturated carbocycles. The summed E-state index contributed by atoms with van der Waals surface area (Å²) >= 11 is 5.91. The minimum atomic E-state index is -4.68. The molecule has 11 heteroatoms.